The molecule has 0 saturated carbocycles. The molecule has 1 N–H and O–H groups in total. The lowest BCUT2D eigenvalue weighted by molar-refractivity contribution is 0.528. The summed E-state index contributed by atoms with van der Waals surface area (Å²) in [6, 6.07) is 16.8. The van der Waals surface area contributed by atoms with Crippen molar-refractivity contribution in [2.75, 3.05) is 6.54 Å². The van der Waals surface area contributed by atoms with Crippen molar-refractivity contribution in [2.24, 2.45) is 0 Å². The lowest BCUT2D eigenvalue weighted by atomic mass is 10.0. The first-order valence-electron chi connectivity index (χ1n) is 6.91. The summed E-state index contributed by atoms with van der Waals surface area (Å²) in [6.07, 6.45) is 0. The van der Waals surface area contributed by atoms with Crippen LogP contribution >= 0.6 is 11.6 Å². The van der Waals surface area contributed by atoms with Crippen molar-refractivity contribution in [3.8, 4) is 11.1 Å². The van der Waals surface area contributed by atoms with Crippen molar-refractivity contribution in [3.05, 3.63) is 59.2 Å². The molecule has 3 aromatic rings. The van der Waals surface area contributed by atoms with Crippen LogP contribution < -0.4 is 5.32 Å². The van der Waals surface area contributed by atoms with Gasteiger partial charge in [-0.15, -0.1) is 0 Å². The molecule has 0 bridgehead atoms. The molecule has 0 atom stereocenters. The summed E-state index contributed by atoms with van der Waals surface area (Å²) >= 11 is 6.22. The van der Waals surface area contributed by atoms with Crippen LogP contribution in [0.15, 0.2) is 48.5 Å². The molecule has 2 heterocycles. The summed E-state index contributed by atoms with van der Waals surface area (Å²) < 4.78 is 2.42. The first-order chi connectivity index (χ1) is 9.84. The molecular formula is C17H15ClN2. The van der Waals surface area contributed by atoms with Crippen LogP contribution in [0.5, 0.6) is 0 Å². The molecule has 2 aromatic carbocycles. The van der Waals surface area contributed by atoms with E-state index in [0.29, 0.717) is 0 Å². The van der Waals surface area contributed by atoms with Crippen molar-refractivity contribution in [2.45, 2.75) is 13.1 Å². The molecule has 1 aliphatic rings. The Bertz CT molecular complexity index is 775. The van der Waals surface area contributed by atoms with Gasteiger partial charge in [0.05, 0.1) is 0 Å². The van der Waals surface area contributed by atoms with E-state index < -0.39 is 0 Å². The molecule has 4 rings (SSSR count). The highest BCUT2D eigenvalue weighted by molar-refractivity contribution is 6.31. The van der Waals surface area contributed by atoms with Crippen molar-refractivity contribution < 1.29 is 0 Å². The summed E-state index contributed by atoms with van der Waals surface area (Å²) in [4.78, 5) is 0. The highest BCUT2D eigenvalue weighted by Crippen LogP contribution is 2.37. The van der Waals surface area contributed by atoms with Crippen LogP contribution in [0.1, 0.15) is 5.69 Å². The number of nitrogens with zero attached hydrogens (tertiary/aromatic N) is 1. The van der Waals surface area contributed by atoms with Gasteiger partial charge in [-0.2, -0.15) is 0 Å². The second-order valence-corrected chi connectivity index (χ2v) is 5.61. The molecule has 0 amide bonds. The second-order valence-electron chi connectivity index (χ2n) is 5.18. The topological polar surface area (TPSA) is 17.0 Å². The predicted molar refractivity (Wildman–Crippen MR) is 84.1 cm³/mol. The normalized spacial score (nSPS) is 14.4. The minimum atomic E-state index is 0.797. The molecule has 0 fully saturated rings. The van der Waals surface area contributed by atoms with Crippen LogP contribution in [-0.2, 0) is 13.1 Å². The van der Waals surface area contributed by atoms with Crippen molar-refractivity contribution in [1.82, 2.24) is 9.88 Å². The Morgan fingerprint density at radius 3 is 2.75 bits per heavy atom. The zero-order valence-electron chi connectivity index (χ0n) is 11.1. The molecule has 100 valence electrons. The van der Waals surface area contributed by atoms with Gasteiger partial charge >= 0.3 is 0 Å². The highest BCUT2D eigenvalue weighted by atomic mass is 35.5. The summed E-state index contributed by atoms with van der Waals surface area (Å²) in [5.41, 5.74) is 5.22. The molecule has 2 nitrogen and oxygen atoms in total. The number of aromatic nitrogens is 1. The van der Waals surface area contributed by atoms with E-state index in [1.807, 2.05) is 6.07 Å². The summed E-state index contributed by atoms with van der Waals surface area (Å²) in [7, 11) is 0. The van der Waals surface area contributed by atoms with E-state index in [1.165, 1.54) is 27.7 Å². The summed E-state index contributed by atoms with van der Waals surface area (Å²) in [5, 5.41) is 5.52. The van der Waals surface area contributed by atoms with E-state index in [9.17, 15) is 0 Å². The van der Waals surface area contributed by atoms with Gasteiger partial charge in [0.2, 0.25) is 0 Å². The van der Waals surface area contributed by atoms with Gasteiger partial charge in [-0.3, -0.25) is 0 Å². The lowest BCUT2D eigenvalue weighted by Gasteiger charge is -2.18. The predicted octanol–water partition coefficient (Wildman–Crippen LogP) is 4.06. The third-order valence-electron chi connectivity index (χ3n) is 4.00. The number of hydrogen-bond donors (Lipinski definition) is 1. The minimum absolute atomic E-state index is 0.797. The van der Waals surface area contributed by atoms with E-state index in [4.69, 9.17) is 11.6 Å². The summed E-state index contributed by atoms with van der Waals surface area (Å²) in [5.74, 6) is 0. The van der Waals surface area contributed by atoms with Crippen molar-refractivity contribution in [3.63, 3.8) is 0 Å². The Morgan fingerprint density at radius 1 is 1.05 bits per heavy atom. The third kappa shape index (κ3) is 1.76. The van der Waals surface area contributed by atoms with Crippen LogP contribution in [0.3, 0.4) is 0 Å². The fraction of sp³-hybridized carbons (Fsp3) is 0.176. The standard InChI is InChI=1S/C17H15ClN2/c18-13-6-7-15-14(10-13)17(12-4-2-1-3-5-12)16-11-19-8-9-20(15)16/h1-7,10,19H,8-9,11H2. The zero-order chi connectivity index (χ0) is 13.5. The minimum Gasteiger partial charge on any atom is -0.341 e. The average molecular weight is 283 g/mol. The molecule has 1 aliphatic heterocycles. The van der Waals surface area contributed by atoms with Gasteiger partial charge in [-0.25, -0.2) is 0 Å². The molecule has 0 aliphatic carbocycles. The van der Waals surface area contributed by atoms with Gasteiger partial charge < -0.3 is 9.88 Å². The second kappa shape index (κ2) is 4.65. The number of benzene rings is 2. The number of halogens is 1. The monoisotopic (exact) mass is 282 g/mol. The third-order valence-corrected chi connectivity index (χ3v) is 4.24. The molecule has 3 heteroatoms. The van der Waals surface area contributed by atoms with E-state index in [1.54, 1.807) is 0 Å². The first-order valence-corrected chi connectivity index (χ1v) is 7.29. The number of hydrogen-bond acceptors (Lipinski definition) is 1. The maximum absolute atomic E-state index is 6.22. The summed E-state index contributed by atoms with van der Waals surface area (Å²) in [6.45, 7) is 2.95. The molecule has 0 radical (unpaired) electrons. The van der Waals surface area contributed by atoms with Crippen LogP contribution in [0.4, 0.5) is 0 Å². The molecular weight excluding hydrogens is 268 g/mol. The number of rotatable bonds is 1. The van der Waals surface area contributed by atoms with E-state index >= 15 is 0 Å². The molecule has 0 spiro atoms. The maximum Gasteiger partial charge on any atom is 0.0490 e. The maximum atomic E-state index is 6.22. The van der Waals surface area contributed by atoms with Gasteiger partial charge in [0.15, 0.2) is 0 Å². The Hall–Kier alpha value is -1.77. The smallest absolute Gasteiger partial charge is 0.0490 e. The van der Waals surface area contributed by atoms with E-state index in [0.717, 1.165) is 24.7 Å². The van der Waals surface area contributed by atoms with E-state index in [-0.39, 0.29) is 0 Å². The van der Waals surface area contributed by atoms with Crippen molar-refractivity contribution in [1.29, 1.82) is 0 Å². The Kier molecular flexibility index (Phi) is 2.79. The van der Waals surface area contributed by atoms with Gasteiger partial charge in [-0.05, 0) is 23.8 Å². The van der Waals surface area contributed by atoms with Crippen molar-refractivity contribution >= 4 is 22.5 Å². The Morgan fingerprint density at radius 2 is 1.90 bits per heavy atom. The number of nitrogens with one attached hydrogen (secondary N) is 1. The van der Waals surface area contributed by atoms with Crippen LogP contribution in [0, 0.1) is 0 Å². The fourth-order valence-electron chi connectivity index (χ4n) is 3.14. The molecule has 20 heavy (non-hydrogen) atoms. The molecule has 0 saturated heterocycles. The van der Waals surface area contributed by atoms with Crippen LogP contribution in [0.25, 0.3) is 22.0 Å². The lowest BCUT2D eigenvalue weighted by Crippen LogP contribution is -2.27. The quantitative estimate of drug-likeness (QED) is 0.712. The first kappa shape index (κ1) is 12.0. The Balaban J connectivity index is 2.10. The number of fused-ring (bicyclic) bond motifs is 3. The van der Waals surface area contributed by atoms with Crippen LogP contribution in [-0.4, -0.2) is 11.1 Å². The van der Waals surface area contributed by atoms with Gasteiger partial charge in [0.25, 0.3) is 0 Å². The SMILES string of the molecule is Clc1ccc2c(c1)c(-c1ccccc1)c1n2CCNC1. The van der Waals surface area contributed by atoms with Gasteiger partial charge in [0.1, 0.15) is 0 Å². The Labute approximate surface area is 123 Å². The molecule has 0 unspecified atom stereocenters. The van der Waals surface area contributed by atoms with Gasteiger partial charge in [-0.1, -0.05) is 41.9 Å². The average Bonchev–Trinajstić information content (AvgIpc) is 2.81. The largest absolute Gasteiger partial charge is 0.341 e. The van der Waals surface area contributed by atoms with Crippen LogP contribution in [0.2, 0.25) is 5.02 Å². The fourth-order valence-corrected chi connectivity index (χ4v) is 3.32. The zero-order valence-corrected chi connectivity index (χ0v) is 11.8. The molecule has 1 aromatic heterocycles. The highest BCUT2D eigenvalue weighted by Gasteiger charge is 2.20. The van der Waals surface area contributed by atoms with Gasteiger partial charge in [0, 0.05) is 46.8 Å². The van der Waals surface area contributed by atoms with E-state index in [2.05, 4.69) is 52.3 Å².